The second-order valence-corrected chi connectivity index (χ2v) is 7.54. The first-order chi connectivity index (χ1) is 13.0. The topological polar surface area (TPSA) is 60.2 Å². The lowest BCUT2D eigenvalue weighted by molar-refractivity contribution is -0.0588. The van der Waals surface area contributed by atoms with E-state index >= 15 is 0 Å². The normalized spacial score (nSPS) is 20.0. The molecular formula is C19H19FN4O2S. The maximum Gasteiger partial charge on any atom is 0.293 e. The average molecular weight is 386 g/mol. The highest BCUT2D eigenvalue weighted by atomic mass is 32.1. The Kier molecular flexibility index (Phi) is 4.75. The number of carbonyl (C=O) groups is 1. The molecule has 3 aromatic rings. The number of hydrogen-bond donors (Lipinski definition) is 0. The summed E-state index contributed by atoms with van der Waals surface area (Å²) in [5.41, 5.74) is 0.522. The van der Waals surface area contributed by atoms with Crippen molar-refractivity contribution in [3.8, 4) is 16.4 Å². The number of amides is 1. The van der Waals surface area contributed by atoms with Gasteiger partial charge in [0.1, 0.15) is 5.82 Å². The Morgan fingerprint density at radius 1 is 1.22 bits per heavy atom. The SMILES string of the molecule is C[C@H]1CN(C(=O)c2nc(-c3cccs3)n(-c3cccc(F)c3)n2)C[C@H](C)O1. The van der Waals surface area contributed by atoms with E-state index in [4.69, 9.17) is 4.74 Å². The molecule has 2 aromatic heterocycles. The van der Waals surface area contributed by atoms with Crippen molar-refractivity contribution in [2.75, 3.05) is 13.1 Å². The monoisotopic (exact) mass is 386 g/mol. The Hall–Kier alpha value is -2.58. The number of morpholine rings is 1. The van der Waals surface area contributed by atoms with Gasteiger partial charge in [0, 0.05) is 13.1 Å². The molecule has 8 heteroatoms. The van der Waals surface area contributed by atoms with Crippen LogP contribution in [0.2, 0.25) is 0 Å². The van der Waals surface area contributed by atoms with Crippen LogP contribution in [0.1, 0.15) is 24.5 Å². The van der Waals surface area contributed by atoms with E-state index in [1.165, 1.54) is 28.2 Å². The van der Waals surface area contributed by atoms with E-state index in [0.717, 1.165) is 4.88 Å². The Labute approximate surface area is 160 Å². The molecule has 4 rings (SSSR count). The lowest BCUT2D eigenvalue weighted by Crippen LogP contribution is -2.48. The maximum atomic E-state index is 13.7. The number of halogens is 1. The first kappa shape index (κ1) is 17.8. The van der Waals surface area contributed by atoms with Gasteiger partial charge in [-0.05, 0) is 43.5 Å². The van der Waals surface area contributed by atoms with Gasteiger partial charge < -0.3 is 9.64 Å². The number of benzene rings is 1. The number of aromatic nitrogens is 3. The predicted molar refractivity (Wildman–Crippen MR) is 101 cm³/mol. The van der Waals surface area contributed by atoms with Crippen LogP contribution in [0.4, 0.5) is 4.39 Å². The van der Waals surface area contributed by atoms with Gasteiger partial charge in [-0.1, -0.05) is 12.1 Å². The first-order valence-corrected chi connectivity index (χ1v) is 9.61. The molecule has 3 heterocycles. The number of thiophene rings is 1. The average Bonchev–Trinajstić information content (AvgIpc) is 3.29. The van der Waals surface area contributed by atoms with Gasteiger partial charge in [-0.15, -0.1) is 16.4 Å². The minimum atomic E-state index is -0.371. The van der Waals surface area contributed by atoms with Crippen LogP contribution in [0.25, 0.3) is 16.4 Å². The fourth-order valence-corrected chi connectivity index (χ4v) is 3.94. The smallest absolute Gasteiger partial charge is 0.293 e. The molecule has 0 bridgehead atoms. The summed E-state index contributed by atoms with van der Waals surface area (Å²) in [4.78, 5) is 20.0. The molecule has 1 fully saturated rings. The predicted octanol–water partition coefficient (Wildman–Crippen LogP) is 3.38. The molecule has 2 atom stereocenters. The van der Waals surface area contributed by atoms with E-state index in [1.807, 2.05) is 31.4 Å². The summed E-state index contributed by atoms with van der Waals surface area (Å²) in [6.45, 7) is 4.86. The Bertz CT molecular complexity index is 947. The quantitative estimate of drug-likeness (QED) is 0.692. The zero-order valence-electron chi connectivity index (χ0n) is 15.0. The van der Waals surface area contributed by atoms with Crippen molar-refractivity contribution in [1.82, 2.24) is 19.7 Å². The van der Waals surface area contributed by atoms with Crippen LogP contribution < -0.4 is 0 Å². The van der Waals surface area contributed by atoms with Gasteiger partial charge >= 0.3 is 0 Å². The summed E-state index contributed by atoms with van der Waals surface area (Å²) in [5.74, 6) is 0.00561. The summed E-state index contributed by atoms with van der Waals surface area (Å²) < 4.78 is 20.9. The molecule has 1 aliphatic rings. The summed E-state index contributed by atoms with van der Waals surface area (Å²) in [7, 11) is 0. The molecule has 0 saturated carbocycles. The van der Waals surface area contributed by atoms with Gasteiger partial charge in [0.2, 0.25) is 5.82 Å². The van der Waals surface area contributed by atoms with Crippen molar-refractivity contribution < 1.29 is 13.9 Å². The van der Waals surface area contributed by atoms with Gasteiger partial charge in [-0.25, -0.2) is 14.1 Å². The highest BCUT2D eigenvalue weighted by Crippen LogP contribution is 2.26. The van der Waals surface area contributed by atoms with Crippen LogP contribution >= 0.6 is 11.3 Å². The second kappa shape index (κ2) is 7.21. The standard InChI is InChI=1S/C19H19FN4O2S/c1-12-10-23(11-13(2)26-12)19(25)17-21-18(16-7-4-8-27-16)24(22-17)15-6-3-5-14(20)9-15/h3-9,12-13H,10-11H2,1-2H3/t12-,13-/m0/s1. The summed E-state index contributed by atoms with van der Waals surface area (Å²) in [5, 5.41) is 6.34. The molecule has 0 spiro atoms. The maximum absolute atomic E-state index is 13.7. The summed E-state index contributed by atoms with van der Waals surface area (Å²) in [6, 6.07) is 9.89. The van der Waals surface area contributed by atoms with Crippen molar-refractivity contribution in [2.24, 2.45) is 0 Å². The summed E-state index contributed by atoms with van der Waals surface area (Å²) >= 11 is 1.49. The largest absolute Gasteiger partial charge is 0.372 e. The minimum absolute atomic E-state index is 0.0419. The van der Waals surface area contributed by atoms with Crippen LogP contribution in [-0.2, 0) is 4.74 Å². The number of carbonyl (C=O) groups excluding carboxylic acids is 1. The Morgan fingerprint density at radius 3 is 2.67 bits per heavy atom. The molecule has 0 N–H and O–H groups in total. The van der Waals surface area contributed by atoms with Crippen LogP contribution in [0, 0.1) is 5.82 Å². The third-order valence-electron chi connectivity index (χ3n) is 4.30. The molecule has 1 aromatic carbocycles. The highest BCUT2D eigenvalue weighted by molar-refractivity contribution is 7.13. The van der Waals surface area contributed by atoms with Gasteiger partial charge in [-0.3, -0.25) is 4.79 Å². The zero-order valence-corrected chi connectivity index (χ0v) is 15.8. The zero-order chi connectivity index (χ0) is 19.0. The third kappa shape index (κ3) is 3.63. The molecule has 1 aliphatic heterocycles. The van der Waals surface area contributed by atoms with Crippen molar-refractivity contribution in [2.45, 2.75) is 26.1 Å². The van der Waals surface area contributed by atoms with Crippen LogP contribution in [-0.4, -0.2) is 50.9 Å². The van der Waals surface area contributed by atoms with Crippen molar-refractivity contribution in [1.29, 1.82) is 0 Å². The van der Waals surface area contributed by atoms with E-state index in [0.29, 0.717) is 24.6 Å². The highest BCUT2D eigenvalue weighted by Gasteiger charge is 2.30. The van der Waals surface area contributed by atoms with E-state index in [-0.39, 0.29) is 29.8 Å². The van der Waals surface area contributed by atoms with Gasteiger partial charge in [0.15, 0.2) is 5.82 Å². The fraction of sp³-hybridized carbons (Fsp3) is 0.316. The van der Waals surface area contributed by atoms with Crippen LogP contribution in [0.5, 0.6) is 0 Å². The second-order valence-electron chi connectivity index (χ2n) is 6.60. The van der Waals surface area contributed by atoms with Gasteiger partial charge in [-0.2, -0.15) is 0 Å². The molecule has 27 heavy (non-hydrogen) atoms. The molecular weight excluding hydrogens is 367 g/mol. The number of nitrogens with zero attached hydrogens (tertiary/aromatic N) is 4. The molecule has 0 radical (unpaired) electrons. The molecule has 1 amide bonds. The Balaban J connectivity index is 1.74. The molecule has 0 aliphatic carbocycles. The lowest BCUT2D eigenvalue weighted by Gasteiger charge is -2.34. The van der Waals surface area contributed by atoms with Gasteiger partial charge in [0.25, 0.3) is 5.91 Å². The number of hydrogen-bond acceptors (Lipinski definition) is 5. The lowest BCUT2D eigenvalue weighted by atomic mass is 10.2. The van der Waals surface area contributed by atoms with Crippen molar-refractivity contribution >= 4 is 17.2 Å². The van der Waals surface area contributed by atoms with Crippen molar-refractivity contribution in [3.05, 3.63) is 53.4 Å². The van der Waals surface area contributed by atoms with Gasteiger partial charge in [0.05, 0.1) is 22.8 Å². The first-order valence-electron chi connectivity index (χ1n) is 8.73. The molecule has 0 unspecified atom stereocenters. The number of rotatable bonds is 3. The molecule has 140 valence electrons. The summed E-state index contributed by atoms with van der Waals surface area (Å²) in [6.07, 6.45) is -0.0838. The number of ether oxygens (including phenoxy) is 1. The fourth-order valence-electron chi connectivity index (χ4n) is 3.24. The molecule has 1 saturated heterocycles. The van der Waals surface area contributed by atoms with Crippen molar-refractivity contribution in [3.63, 3.8) is 0 Å². The minimum Gasteiger partial charge on any atom is -0.372 e. The van der Waals surface area contributed by atoms with E-state index in [2.05, 4.69) is 10.1 Å². The van der Waals surface area contributed by atoms with E-state index in [9.17, 15) is 9.18 Å². The third-order valence-corrected chi connectivity index (χ3v) is 5.17. The van der Waals surface area contributed by atoms with Crippen LogP contribution in [0.15, 0.2) is 41.8 Å². The molecule has 6 nitrogen and oxygen atoms in total. The van der Waals surface area contributed by atoms with E-state index < -0.39 is 0 Å². The van der Waals surface area contributed by atoms with E-state index in [1.54, 1.807) is 17.0 Å². The Morgan fingerprint density at radius 2 is 2.00 bits per heavy atom. The van der Waals surface area contributed by atoms with Crippen LogP contribution in [0.3, 0.4) is 0 Å².